The average molecular weight is 257 g/mol. The van der Waals surface area contributed by atoms with Gasteiger partial charge in [-0.05, 0) is 30.5 Å². The lowest BCUT2D eigenvalue weighted by Crippen LogP contribution is -2.32. The normalized spacial score (nSPS) is 17.5. The van der Waals surface area contributed by atoms with Gasteiger partial charge in [0.2, 0.25) is 0 Å². The van der Waals surface area contributed by atoms with E-state index in [1.54, 1.807) is 12.4 Å². The van der Waals surface area contributed by atoms with E-state index in [1.807, 2.05) is 24.3 Å². The fraction of sp³-hybridized carbons (Fsp3) is 0.357. The van der Waals surface area contributed by atoms with Crippen LogP contribution in [0.5, 0.6) is 0 Å². The highest BCUT2D eigenvalue weighted by molar-refractivity contribution is 5.81. The summed E-state index contributed by atoms with van der Waals surface area (Å²) in [5, 5.41) is 17.7. The Bertz CT molecular complexity index is 569. The number of nitrogens with zero attached hydrogens (tertiary/aromatic N) is 3. The van der Waals surface area contributed by atoms with Gasteiger partial charge in [-0.25, -0.2) is 0 Å². The third-order valence-electron chi connectivity index (χ3n) is 3.94. The lowest BCUT2D eigenvalue weighted by molar-refractivity contribution is -0.143. The van der Waals surface area contributed by atoms with Gasteiger partial charge in [0.25, 0.3) is 0 Å². The fourth-order valence-corrected chi connectivity index (χ4v) is 2.87. The fourth-order valence-electron chi connectivity index (χ4n) is 2.87. The smallest absolute Gasteiger partial charge is 0.314 e. The summed E-state index contributed by atoms with van der Waals surface area (Å²) in [6.45, 7) is 0. The van der Waals surface area contributed by atoms with Gasteiger partial charge in [-0.1, -0.05) is 25.0 Å². The van der Waals surface area contributed by atoms with E-state index in [0.717, 1.165) is 36.9 Å². The lowest BCUT2D eigenvalue weighted by Gasteiger charge is -2.24. The van der Waals surface area contributed by atoms with Crippen molar-refractivity contribution in [3.8, 4) is 5.69 Å². The first-order valence-electron chi connectivity index (χ1n) is 6.43. The van der Waals surface area contributed by atoms with E-state index < -0.39 is 11.4 Å². The molecule has 1 aromatic heterocycles. The van der Waals surface area contributed by atoms with Crippen molar-refractivity contribution in [2.24, 2.45) is 0 Å². The first-order valence-corrected chi connectivity index (χ1v) is 6.43. The summed E-state index contributed by atoms with van der Waals surface area (Å²) in [4.78, 5) is 13.1. The SMILES string of the molecule is O=C(O)C1(c2ccc(-n3nccn3)cc2)CCCC1. The minimum Gasteiger partial charge on any atom is -0.481 e. The quantitative estimate of drug-likeness (QED) is 0.915. The first-order chi connectivity index (χ1) is 9.22. The Labute approximate surface area is 110 Å². The molecule has 1 aliphatic carbocycles. The minimum atomic E-state index is -0.713. The Morgan fingerprint density at radius 3 is 2.21 bits per heavy atom. The number of carboxylic acids is 1. The maximum absolute atomic E-state index is 11.6. The van der Waals surface area contributed by atoms with Gasteiger partial charge in [-0.15, -0.1) is 0 Å². The van der Waals surface area contributed by atoms with E-state index >= 15 is 0 Å². The highest BCUT2D eigenvalue weighted by Gasteiger charge is 2.42. The molecule has 1 fully saturated rings. The summed E-state index contributed by atoms with van der Waals surface area (Å²) in [5.41, 5.74) is 1.02. The van der Waals surface area contributed by atoms with Crippen LogP contribution >= 0.6 is 0 Å². The molecule has 2 aromatic rings. The summed E-state index contributed by atoms with van der Waals surface area (Å²) < 4.78 is 0. The largest absolute Gasteiger partial charge is 0.481 e. The Hall–Kier alpha value is -2.17. The second kappa shape index (κ2) is 4.50. The molecule has 0 aliphatic heterocycles. The zero-order valence-corrected chi connectivity index (χ0v) is 10.5. The Morgan fingerprint density at radius 1 is 1.11 bits per heavy atom. The van der Waals surface area contributed by atoms with Crippen molar-refractivity contribution in [2.75, 3.05) is 0 Å². The van der Waals surface area contributed by atoms with Crippen LogP contribution in [0.4, 0.5) is 0 Å². The van der Waals surface area contributed by atoms with Crippen LogP contribution in [0.3, 0.4) is 0 Å². The number of hydrogen-bond donors (Lipinski definition) is 1. The van der Waals surface area contributed by atoms with Crippen LogP contribution in [-0.4, -0.2) is 26.1 Å². The molecule has 98 valence electrons. The molecule has 19 heavy (non-hydrogen) atoms. The Morgan fingerprint density at radius 2 is 1.68 bits per heavy atom. The highest BCUT2D eigenvalue weighted by atomic mass is 16.4. The van der Waals surface area contributed by atoms with E-state index in [-0.39, 0.29) is 0 Å². The molecular formula is C14H15N3O2. The molecule has 3 rings (SSSR count). The van der Waals surface area contributed by atoms with Crippen molar-refractivity contribution >= 4 is 5.97 Å². The van der Waals surface area contributed by atoms with Crippen LogP contribution in [0.15, 0.2) is 36.7 Å². The second-order valence-electron chi connectivity index (χ2n) is 4.96. The van der Waals surface area contributed by atoms with Crippen LogP contribution < -0.4 is 0 Å². The topological polar surface area (TPSA) is 68.0 Å². The predicted octanol–water partition coefficient (Wildman–Crippen LogP) is 2.16. The van der Waals surface area contributed by atoms with E-state index in [4.69, 9.17) is 0 Å². The van der Waals surface area contributed by atoms with Crippen LogP contribution in [-0.2, 0) is 10.2 Å². The number of aromatic nitrogens is 3. The number of benzene rings is 1. The molecule has 0 unspecified atom stereocenters. The van der Waals surface area contributed by atoms with Crippen molar-refractivity contribution in [2.45, 2.75) is 31.1 Å². The first kappa shape index (κ1) is 11.9. The number of carbonyl (C=O) groups is 1. The van der Waals surface area contributed by atoms with Gasteiger partial charge in [0.1, 0.15) is 0 Å². The standard InChI is InChI=1S/C14H15N3O2/c18-13(19)14(7-1-2-8-14)11-3-5-12(6-4-11)17-15-9-10-16-17/h3-6,9-10H,1-2,7-8H2,(H,18,19). The molecule has 1 aromatic carbocycles. The van der Waals surface area contributed by atoms with E-state index in [9.17, 15) is 9.90 Å². The molecule has 0 saturated heterocycles. The molecule has 0 amide bonds. The van der Waals surface area contributed by atoms with Crippen LogP contribution in [0.2, 0.25) is 0 Å². The van der Waals surface area contributed by atoms with Gasteiger partial charge in [0.05, 0.1) is 23.5 Å². The molecule has 1 saturated carbocycles. The summed E-state index contributed by atoms with van der Waals surface area (Å²) in [6.07, 6.45) is 6.64. The molecule has 5 heteroatoms. The van der Waals surface area contributed by atoms with Gasteiger partial charge < -0.3 is 5.11 Å². The van der Waals surface area contributed by atoms with Gasteiger partial charge in [-0.2, -0.15) is 15.0 Å². The van der Waals surface area contributed by atoms with Gasteiger partial charge in [0.15, 0.2) is 0 Å². The zero-order valence-electron chi connectivity index (χ0n) is 10.5. The zero-order chi connectivity index (χ0) is 13.3. The third kappa shape index (κ3) is 1.91. The molecule has 0 spiro atoms. The number of hydrogen-bond acceptors (Lipinski definition) is 3. The minimum absolute atomic E-state index is 0.698. The van der Waals surface area contributed by atoms with E-state index in [1.165, 1.54) is 4.80 Å². The summed E-state index contributed by atoms with van der Waals surface area (Å²) in [7, 11) is 0. The lowest BCUT2D eigenvalue weighted by atomic mass is 9.79. The van der Waals surface area contributed by atoms with Crippen LogP contribution in [0.25, 0.3) is 5.69 Å². The Balaban J connectivity index is 1.96. The Kier molecular flexibility index (Phi) is 2.81. The molecule has 1 aliphatic rings. The summed E-state index contributed by atoms with van der Waals surface area (Å²) >= 11 is 0. The monoisotopic (exact) mass is 257 g/mol. The molecule has 0 bridgehead atoms. The summed E-state index contributed by atoms with van der Waals surface area (Å²) in [6, 6.07) is 7.52. The second-order valence-corrected chi connectivity index (χ2v) is 4.96. The molecule has 0 atom stereocenters. The van der Waals surface area contributed by atoms with E-state index in [2.05, 4.69) is 10.2 Å². The van der Waals surface area contributed by atoms with Gasteiger partial charge in [0, 0.05) is 0 Å². The maximum atomic E-state index is 11.6. The average Bonchev–Trinajstić information content (AvgIpc) is 3.11. The summed E-state index contributed by atoms with van der Waals surface area (Å²) in [5.74, 6) is -0.713. The molecule has 0 radical (unpaired) electrons. The van der Waals surface area contributed by atoms with Gasteiger partial charge in [-0.3, -0.25) is 4.79 Å². The van der Waals surface area contributed by atoms with Crippen molar-refractivity contribution in [3.05, 3.63) is 42.2 Å². The molecule has 1 heterocycles. The van der Waals surface area contributed by atoms with Crippen LogP contribution in [0, 0.1) is 0 Å². The highest BCUT2D eigenvalue weighted by Crippen LogP contribution is 2.41. The number of rotatable bonds is 3. The number of aliphatic carboxylic acids is 1. The van der Waals surface area contributed by atoms with Crippen molar-refractivity contribution in [1.29, 1.82) is 0 Å². The molecular weight excluding hydrogens is 242 g/mol. The maximum Gasteiger partial charge on any atom is 0.314 e. The number of carboxylic acid groups (broad SMARTS) is 1. The van der Waals surface area contributed by atoms with Gasteiger partial charge >= 0.3 is 5.97 Å². The third-order valence-corrected chi connectivity index (χ3v) is 3.94. The molecule has 5 nitrogen and oxygen atoms in total. The van der Waals surface area contributed by atoms with Crippen molar-refractivity contribution in [3.63, 3.8) is 0 Å². The predicted molar refractivity (Wildman–Crippen MR) is 69.1 cm³/mol. The van der Waals surface area contributed by atoms with Crippen LogP contribution in [0.1, 0.15) is 31.2 Å². The van der Waals surface area contributed by atoms with Crippen molar-refractivity contribution in [1.82, 2.24) is 15.0 Å². The van der Waals surface area contributed by atoms with Crippen molar-refractivity contribution < 1.29 is 9.90 Å². The molecule has 1 N–H and O–H groups in total. The van der Waals surface area contributed by atoms with E-state index in [0.29, 0.717) is 0 Å².